The normalized spacial score (nSPS) is 19.0. The van der Waals surface area contributed by atoms with E-state index in [4.69, 9.17) is 11.6 Å². The van der Waals surface area contributed by atoms with E-state index in [-0.39, 0.29) is 0 Å². The molecular formula is C15H9ClS. The van der Waals surface area contributed by atoms with Crippen LogP contribution in [0, 0.1) is 0 Å². The molecule has 0 nitrogen and oxygen atoms in total. The highest BCUT2D eigenvalue weighted by Crippen LogP contribution is 2.45. The van der Waals surface area contributed by atoms with E-state index in [1.54, 1.807) is 11.8 Å². The van der Waals surface area contributed by atoms with Gasteiger partial charge in [0.15, 0.2) is 0 Å². The van der Waals surface area contributed by atoms with Gasteiger partial charge in [-0.15, -0.1) is 0 Å². The van der Waals surface area contributed by atoms with Gasteiger partial charge in [-0.2, -0.15) is 0 Å². The Labute approximate surface area is 109 Å². The summed E-state index contributed by atoms with van der Waals surface area (Å²) in [5, 5.41) is 0.891. The minimum Gasteiger partial charge on any atom is -0.0900 e. The number of allylic oxidation sites excluding steroid dienone is 1. The molecule has 2 aliphatic heterocycles. The summed E-state index contributed by atoms with van der Waals surface area (Å²) in [6.45, 7) is 0. The number of hydrogen-bond acceptors (Lipinski definition) is 1. The van der Waals surface area contributed by atoms with Crippen molar-refractivity contribution in [2.24, 2.45) is 0 Å². The summed E-state index contributed by atoms with van der Waals surface area (Å²) in [5.41, 5.74) is 3.86. The van der Waals surface area contributed by atoms with Gasteiger partial charge in [0, 0.05) is 20.7 Å². The van der Waals surface area contributed by atoms with E-state index in [1.165, 1.54) is 26.5 Å². The molecule has 82 valence electrons. The number of benzene rings is 2. The van der Waals surface area contributed by atoms with Gasteiger partial charge in [-0.05, 0) is 41.0 Å². The molecule has 0 saturated carbocycles. The lowest BCUT2D eigenvalue weighted by Crippen LogP contribution is -1.96. The van der Waals surface area contributed by atoms with Gasteiger partial charge in [-0.1, -0.05) is 47.6 Å². The van der Waals surface area contributed by atoms with E-state index in [0.717, 1.165) is 5.02 Å². The first-order chi connectivity index (χ1) is 8.31. The highest BCUT2D eigenvalue weighted by molar-refractivity contribution is 7.99. The third-order valence-corrected chi connectivity index (χ3v) is 4.64. The maximum Gasteiger partial charge on any atom is 0.0464 e. The van der Waals surface area contributed by atoms with Crippen molar-refractivity contribution >= 4 is 29.4 Å². The predicted molar refractivity (Wildman–Crippen MR) is 72.9 cm³/mol. The van der Waals surface area contributed by atoms with Crippen LogP contribution < -0.4 is 0 Å². The molecule has 0 aromatic heterocycles. The molecule has 2 heteroatoms. The molecule has 2 aromatic carbocycles. The fraction of sp³-hybridized carbons (Fsp3) is 0.0667. The Hall–Kier alpha value is -1.18. The third-order valence-electron chi connectivity index (χ3n) is 3.37. The second kappa shape index (κ2) is 3.41. The van der Waals surface area contributed by atoms with Crippen LogP contribution in [0.5, 0.6) is 0 Å². The molecule has 0 spiro atoms. The smallest absolute Gasteiger partial charge is 0.0464 e. The van der Waals surface area contributed by atoms with Gasteiger partial charge in [0.2, 0.25) is 0 Å². The van der Waals surface area contributed by atoms with E-state index < -0.39 is 0 Å². The van der Waals surface area contributed by atoms with Gasteiger partial charge in [0.05, 0.1) is 0 Å². The van der Waals surface area contributed by atoms with Crippen LogP contribution in [0.4, 0.5) is 0 Å². The quantitative estimate of drug-likeness (QED) is 0.642. The minimum atomic E-state index is 0.324. The molecule has 6 bridgehead atoms. The molecule has 0 fully saturated rings. The minimum absolute atomic E-state index is 0.324. The van der Waals surface area contributed by atoms with Crippen LogP contribution in [-0.4, -0.2) is 0 Å². The highest BCUT2D eigenvalue weighted by atomic mass is 35.5. The van der Waals surface area contributed by atoms with Gasteiger partial charge in [-0.25, -0.2) is 0 Å². The third kappa shape index (κ3) is 1.39. The van der Waals surface area contributed by atoms with E-state index in [0.29, 0.717) is 5.92 Å². The Morgan fingerprint density at radius 1 is 1.06 bits per heavy atom. The summed E-state index contributed by atoms with van der Waals surface area (Å²) in [6, 6.07) is 13.1. The number of fused-ring (bicyclic) bond motifs is 1. The maximum atomic E-state index is 6.42. The van der Waals surface area contributed by atoms with Crippen LogP contribution in [0.2, 0.25) is 5.02 Å². The highest BCUT2D eigenvalue weighted by Gasteiger charge is 2.24. The van der Waals surface area contributed by atoms with Crippen LogP contribution in [0.25, 0.3) is 6.08 Å². The number of hydrogen-bond donors (Lipinski definition) is 0. The first kappa shape index (κ1) is 9.81. The Balaban J connectivity index is 2.11. The average Bonchev–Trinajstić information content (AvgIpc) is 2.74. The van der Waals surface area contributed by atoms with Crippen molar-refractivity contribution in [3.05, 3.63) is 64.2 Å². The summed E-state index contributed by atoms with van der Waals surface area (Å²) in [7, 11) is 0. The molecule has 3 aliphatic rings. The molecule has 17 heavy (non-hydrogen) atoms. The average molecular weight is 257 g/mol. The first-order valence-electron chi connectivity index (χ1n) is 5.61. The summed E-state index contributed by atoms with van der Waals surface area (Å²) >= 11 is 8.20. The maximum absolute atomic E-state index is 6.42. The lowest BCUT2D eigenvalue weighted by atomic mass is 9.93. The molecule has 1 atom stereocenters. The topological polar surface area (TPSA) is 0 Å². The molecule has 1 aliphatic carbocycles. The number of halogens is 1. The van der Waals surface area contributed by atoms with Crippen molar-refractivity contribution in [1.29, 1.82) is 0 Å². The van der Waals surface area contributed by atoms with Gasteiger partial charge in [-0.3, -0.25) is 0 Å². The van der Waals surface area contributed by atoms with Gasteiger partial charge in [0.1, 0.15) is 0 Å². The van der Waals surface area contributed by atoms with Crippen molar-refractivity contribution in [2.75, 3.05) is 0 Å². The summed E-state index contributed by atoms with van der Waals surface area (Å²) in [6.07, 6.45) is 4.43. The van der Waals surface area contributed by atoms with Crippen molar-refractivity contribution in [2.45, 2.75) is 15.7 Å². The summed E-state index contributed by atoms with van der Waals surface area (Å²) < 4.78 is 0. The van der Waals surface area contributed by atoms with Crippen LogP contribution in [0.15, 0.2) is 52.3 Å². The fourth-order valence-corrected chi connectivity index (χ4v) is 4.00. The summed E-state index contributed by atoms with van der Waals surface area (Å²) in [5.74, 6) is 0.324. The standard InChI is InChI=1S/C15H9ClS/c16-14-8-12-7-10-4-5-13(15(10)14)9-2-1-3-11(6-9)17-12/h1-8,13H. The lowest BCUT2D eigenvalue weighted by Gasteiger charge is -2.12. The molecule has 2 aromatic rings. The molecular weight excluding hydrogens is 248 g/mol. The monoisotopic (exact) mass is 256 g/mol. The Bertz CT molecular complexity index is 658. The molecule has 0 amide bonds. The Morgan fingerprint density at radius 2 is 2.00 bits per heavy atom. The molecule has 0 saturated heterocycles. The zero-order valence-corrected chi connectivity index (χ0v) is 10.6. The first-order valence-corrected chi connectivity index (χ1v) is 6.80. The predicted octanol–water partition coefficient (Wildman–Crippen LogP) is 4.96. The largest absolute Gasteiger partial charge is 0.0900 e. The molecule has 0 N–H and O–H groups in total. The SMILES string of the molecule is Clc1cc2cc3c1C(C=C3)c1cccc(c1)S2. The second-order valence-electron chi connectivity index (χ2n) is 4.42. The van der Waals surface area contributed by atoms with Crippen molar-refractivity contribution in [3.8, 4) is 0 Å². The number of rotatable bonds is 0. The van der Waals surface area contributed by atoms with Crippen molar-refractivity contribution in [3.63, 3.8) is 0 Å². The molecule has 5 rings (SSSR count). The Kier molecular flexibility index (Phi) is 1.97. The lowest BCUT2D eigenvalue weighted by molar-refractivity contribution is 1.04. The van der Waals surface area contributed by atoms with Gasteiger partial charge < -0.3 is 0 Å². The zero-order valence-electron chi connectivity index (χ0n) is 8.98. The van der Waals surface area contributed by atoms with Crippen molar-refractivity contribution in [1.82, 2.24) is 0 Å². The van der Waals surface area contributed by atoms with Gasteiger partial charge in [0.25, 0.3) is 0 Å². The molecule has 1 unspecified atom stereocenters. The van der Waals surface area contributed by atoms with E-state index >= 15 is 0 Å². The van der Waals surface area contributed by atoms with E-state index in [2.05, 4.69) is 48.6 Å². The fourth-order valence-electron chi connectivity index (χ4n) is 2.62. The van der Waals surface area contributed by atoms with E-state index in [9.17, 15) is 0 Å². The summed E-state index contributed by atoms with van der Waals surface area (Å²) in [4.78, 5) is 2.51. The van der Waals surface area contributed by atoms with E-state index in [1.807, 2.05) is 0 Å². The zero-order chi connectivity index (χ0) is 11.4. The van der Waals surface area contributed by atoms with Gasteiger partial charge >= 0.3 is 0 Å². The Morgan fingerprint density at radius 3 is 2.94 bits per heavy atom. The van der Waals surface area contributed by atoms with Crippen LogP contribution in [0.1, 0.15) is 22.6 Å². The van der Waals surface area contributed by atoms with Crippen molar-refractivity contribution < 1.29 is 0 Å². The molecule has 2 heterocycles. The van der Waals surface area contributed by atoms with Crippen LogP contribution >= 0.6 is 23.4 Å². The second-order valence-corrected chi connectivity index (χ2v) is 5.97. The van der Waals surface area contributed by atoms with Crippen LogP contribution in [0.3, 0.4) is 0 Å². The molecule has 0 radical (unpaired) electrons. The van der Waals surface area contributed by atoms with Crippen LogP contribution in [-0.2, 0) is 0 Å².